The smallest absolute Gasteiger partial charge is 0.240 e. The predicted octanol–water partition coefficient (Wildman–Crippen LogP) is 2.43. The number of nitrogen functional groups attached to an aromatic ring is 1. The molecule has 32 heavy (non-hydrogen) atoms. The van der Waals surface area contributed by atoms with Crippen molar-refractivity contribution in [3.8, 4) is 23.2 Å². The summed E-state index contributed by atoms with van der Waals surface area (Å²) in [5.41, 5.74) is 7.51. The summed E-state index contributed by atoms with van der Waals surface area (Å²) in [6, 6.07) is 7.32. The van der Waals surface area contributed by atoms with Crippen molar-refractivity contribution in [2.45, 2.75) is 26.9 Å². The van der Waals surface area contributed by atoms with Gasteiger partial charge in [0.15, 0.2) is 23.2 Å². The summed E-state index contributed by atoms with van der Waals surface area (Å²) in [7, 11) is 3.18. The lowest BCUT2D eigenvalue weighted by Gasteiger charge is -2.11. The summed E-state index contributed by atoms with van der Waals surface area (Å²) >= 11 is 0. The Labute approximate surface area is 184 Å². The third kappa shape index (κ3) is 4.61. The Morgan fingerprint density at radius 2 is 1.81 bits per heavy atom. The van der Waals surface area contributed by atoms with Crippen LogP contribution in [0.4, 0.5) is 5.95 Å². The van der Waals surface area contributed by atoms with Gasteiger partial charge in [0, 0.05) is 19.4 Å². The SMILES string of the molecule is COc1ccc(Cc2nc(N)nn2-c2cc(OCc3coc(C)n3)nc(C)n2)cc1OC. The molecule has 0 aliphatic carbocycles. The maximum atomic E-state index is 5.90. The van der Waals surface area contributed by atoms with Crippen LogP contribution in [0.2, 0.25) is 0 Å². The molecule has 0 aliphatic rings. The molecule has 0 atom stereocenters. The van der Waals surface area contributed by atoms with Crippen LogP contribution < -0.4 is 19.9 Å². The normalized spacial score (nSPS) is 10.9. The van der Waals surface area contributed by atoms with Gasteiger partial charge in [0.2, 0.25) is 11.8 Å². The molecule has 2 N–H and O–H groups in total. The van der Waals surface area contributed by atoms with E-state index in [-0.39, 0.29) is 12.6 Å². The molecule has 0 spiro atoms. The van der Waals surface area contributed by atoms with Gasteiger partial charge in [0.25, 0.3) is 0 Å². The minimum atomic E-state index is 0.136. The van der Waals surface area contributed by atoms with Gasteiger partial charge in [0.05, 0.1) is 14.2 Å². The van der Waals surface area contributed by atoms with E-state index in [1.54, 1.807) is 45.1 Å². The number of oxazole rings is 1. The molecule has 0 fully saturated rings. The van der Waals surface area contributed by atoms with Gasteiger partial charge in [-0.1, -0.05) is 6.07 Å². The standard InChI is InChI=1S/C21H23N7O4/c1-12-23-19(9-20(24-12)32-11-15-10-31-13(2)25-15)28-18(26-21(22)27-28)8-14-5-6-16(29-3)17(7-14)30-4/h5-7,9-10H,8,11H2,1-4H3,(H2,22,27). The third-order valence-corrected chi connectivity index (χ3v) is 4.55. The fraction of sp³-hybridized carbons (Fsp3) is 0.286. The highest BCUT2D eigenvalue weighted by Gasteiger charge is 2.16. The lowest BCUT2D eigenvalue weighted by molar-refractivity contribution is 0.287. The number of nitrogens with two attached hydrogens (primary N) is 1. The van der Waals surface area contributed by atoms with Crippen LogP contribution >= 0.6 is 0 Å². The van der Waals surface area contributed by atoms with Gasteiger partial charge in [0.1, 0.15) is 30.2 Å². The maximum Gasteiger partial charge on any atom is 0.240 e. The molecule has 0 radical (unpaired) electrons. The zero-order chi connectivity index (χ0) is 22.7. The molecule has 11 nitrogen and oxygen atoms in total. The Bertz CT molecular complexity index is 1230. The molecule has 0 unspecified atom stereocenters. The summed E-state index contributed by atoms with van der Waals surface area (Å²) in [6.45, 7) is 3.75. The van der Waals surface area contributed by atoms with Crippen molar-refractivity contribution in [2.75, 3.05) is 20.0 Å². The fourth-order valence-electron chi connectivity index (χ4n) is 3.16. The first-order valence-electron chi connectivity index (χ1n) is 9.77. The van der Waals surface area contributed by atoms with Crippen molar-refractivity contribution < 1.29 is 18.6 Å². The van der Waals surface area contributed by atoms with Crippen LogP contribution in [0.3, 0.4) is 0 Å². The predicted molar refractivity (Wildman–Crippen MR) is 114 cm³/mol. The molecule has 11 heteroatoms. The molecular weight excluding hydrogens is 414 g/mol. The molecule has 3 aromatic heterocycles. The molecular formula is C21H23N7O4. The second-order valence-electron chi connectivity index (χ2n) is 6.92. The number of benzene rings is 1. The molecule has 4 aromatic rings. The average Bonchev–Trinajstić information content (AvgIpc) is 3.36. The highest BCUT2D eigenvalue weighted by atomic mass is 16.5. The summed E-state index contributed by atoms with van der Waals surface area (Å²) in [6.07, 6.45) is 1.99. The van der Waals surface area contributed by atoms with Crippen LogP contribution in [-0.4, -0.2) is 43.9 Å². The Balaban J connectivity index is 1.61. The molecule has 4 rings (SSSR count). The first-order chi connectivity index (χ1) is 15.4. The highest BCUT2D eigenvalue weighted by molar-refractivity contribution is 5.44. The Morgan fingerprint density at radius 1 is 1.00 bits per heavy atom. The van der Waals surface area contributed by atoms with Crippen LogP contribution in [0.1, 0.15) is 28.8 Å². The second-order valence-corrected chi connectivity index (χ2v) is 6.92. The topological polar surface area (TPSA) is 136 Å². The molecule has 0 saturated heterocycles. The number of anilines is 1. The number of hydrogen-bond acceptors (Lipinski definition) is 10. The minimum absolute atomic E-state index is 0.136. The first-order valence-corrected chi connectivity index (χ1v) is 9.77. The van der Waals surface area contributed by atoms with E-state index < -0.39 is 0 Å². The Hall–Kier alpha value is -4.15. The van der Waals surface area contributed by atoms with Gasteiger partial charge in [-0.2, -0.15) is 14.6 Å². The molecule has 0 saturated carbocycles. The van der Waals surface area contributed by atoms with Crippen LogP contribution in [0.15, 0.2) is 34.9 Å². The van der Waals surface area contributed by atoms with E-state index in [1.165, 1.54) is 0 Å². The van der Waals surface area contributed by atoms with Gasteiger partial charge in [-0.05, 0) is 24.6 Å². The summed E-state index contributed by atoms with van der Waals surface area (Å²) in [5.74, 6) is 3.96. The van der Waals surface area contributed by atoms with Crippen LogP contribution in [-0.2, 0) is 13.0 Å². The van der Waals surface area contributed by atoms with Gasteiger partial charge in [-0.3, -0.25) is 0 Å². The summed E-state index contributed by atoms with van der Waals surface area (Å²) < 4.78 is 23.2. The fourth-order valence-corrected chi connectivity index (χ4v) is 3.16. The van der Waals surface area contributed by atoms with Crippen molar-refractivity contribution >= 4 is 5.95 Å². The summed E-state index contributed by atoms with van der Waals surface area (Å²) in [4.78, 5) is 17.4. The highest BCUT2D eigenvalue weighted by Crippen LogP contribution is 2.28. The van der Waals surface area contributed by atoms with Crippen LogP contribution in [0.25, 0.3) is 5.82 Å². The zero-order valence-electron chi connectivity index (χ0n) is 18.2. The van der Waals surface area contributed by atoms with Crippen molar-refractivity contribution in [2.24, 2.45) is 0 Å². The van der Waals surface area contributed by atoms with E-state index in [4.69, 9.17) is 24.4 Å². The Morgan fingerprint density at radius 3 is 2.53 bits per heavy atom. The van der Waals surface area contributed by atoms with E-state index in [1.807, 2.05) is 18.2 Å². The number of ether oxygens (including phenoxy) is 3. The monoisotopic (exact) mass is 437 g/mol. The molecule has 0 bridgehead atoms. The lowest BCUT2D eigenvalue weighted by atomic mass is 10.1. The first kappa shape index (κ1) is 21.1. The number of hydrogen-bond donors (Lipinski definition) is 1. The molecule has 3 heterocycles. The summed E-state index contributed by atoms with van der Waals surface area (Å²) in [5, 5.41) is 4.31. The average molecular weight is 437 g/mol. The quantitative estimate of drug-likeness (QED) is 0.437. The van der Waals surface area contributed by atoms with Crippen LogP contribution in [0, 0.1) is 13.8 Å². The molecule has 1 aromatic carbocycles. The van der Waals surface area contributed by atoms with E-state index in [2.05, 4.69) is 25.0 Å². The maximum absolute atomic E-state index is 5.90. The molecule has 0 amide bonds. The van der Waals surface area contributed by atoms with E-state index in [0.29, 0.717) is 52.9 Å². The van der Waals surface area contributed by atoms with E-state index >= 15 is 0 Å². The molecule has 0 aliphatic heterocycles. The zero-order valence-corrected chi connectivity index (χ0v) is 18.2. The van der Waals surface area contributed by atoms with Gasteiger partial charge in [-0.15, -0.1) is 5.10 Å². The van der Waals surface area contributed by atoms with Crippen molar-refractivity contribution in [3.05, 3.63) is 59.3 Å². The number of aromatic nitrogens is 6. The third-order valence-electron chi connectivity index (χ3n) is 4.55. The largest absolute Gasteiger partial charge is 0.493 e. The number of rotatable bonds is 8. The van der Waals surface area contributed by atoms with Crippen LogP contribution in [0.5, 0.6) is 17.4 Å². The van der Waals surface area contributed by atoms with Crippen molar-refractivity contribution in [1.82, 2.24) is 29.7 Å². The van der Waals surface area contributed by atoms with E-state index in [9.17, 15) is 0 Å². The van der Waals surface area contributed by atoms with Gasteiger partial charge < -0.3 is 24.4 Å². The number of nitrogens with zero attached hydrogens (tertiary/aromatic N) is 6. The van der Waals surface area contributed by atoms with Gasteiger partial charge >= 0.3 is 0 Å². The van der Waals surface area contributed by atoms with Crippen molar-refractivity contribution in [3.63, 3.8) is 0 Å². The second kappa shape index (κ2) is 8.92. The Kier molecular flexibility index (Phi) is 5.88. The number of aryl methyl sites for hydroxylation is 2. The number of methoxy groups -OCH3 is 2. The van der Waals surface area contributed by atoms with Gasteiger partial charge in [-0.25, -0.2) is 9.97 Å². The van der Waals surface area contributed by atoms with Crippen molar-refractivity contribution in [1.29, 1.82) is 0 Å². The minimum Gasteiger partial charge on any atom is -0.493 e. The van der Waals surface area contributed by atoms with E-state index in [0.717, 1.165) is 5.56 Å². The lowest BCUT2D eigenvalue weighted by Crippen LogP contribution is -2.09. The molecule has 166 valence electrons.